The average Bonchev–Trinajstić information content (AvgIpc) is 2.33. The van der Waals surface area contributed by atoms with Crippen LogP contribution in [0, 0.1) is 5.92 Å². The number of aryl methyl sites for hydroxylation is 1. The first kappa shape index (κ1) is 13.7. The number of hydrogen-bond acceptors (Lipinski definition) is 4. The van der Waals surface area contributed by atoms with Crippen molar-refractivity contribution in [2.75, 3.05) is 11.9 Å². The molecule has 17 heavy (non-hydrogen) atoms. The first-order valence-corrected chi connectivity index (χ1v) is 6.12. The SMILES string of the molecule is CCCn1ccnc(NC(C)C(C)CN)c1=O. The Labute approximate surface area is 102 Å². The normalized spacial score (nSPS) is 14.4. The molecule has 1 rings (SSSR count). The van der Waals surface area contributed by atoms with E-state index in [0.29, 0.717) is 18.3 Å². The number of nitrogens with two attached hydrogens (primary N) is 1. The highest BCUT2D eigenvalue weighted by Gasteiger charge is 2.13. The molecule has 96 valence electrons. The maximum atomic E-state index is 12.0. The molecular weight excluding hydrogens is 216 g/mol. The molecule has 0 amide bonds. The molecule has 0 spiro atoms. The van der Waals surface area contributed by atoms with Gasteiger partial charge in [-0.3, -0.25) is 4.79 Å². The summed E-state index contributed by atoms with van der Waals surface area (Å²) in [6, 6.07) is 0.137. The summed E-state index contributed by atoms with van der Waals surface area (Å²) in [7, 11) is 0. The highest BCUT2D eigenvalue weighted by atomic mass is 16.1. The predicted octanol–water partition coefficient (Wildman–Crippen LogP) is 1.05. The van der Waals surface area contributed by atoms with E-state index in [1.165, 1.54) is 0 Å². The summed E-state index contributed by atoms with van der Waals surface area (Å²) in [5.41, 5.74) is 5.53. The van der Waals surface area contributed by atoms with Crippen LogP contribution in [0.25, 0.3) is 0 Å². The van der Waals surface area contributed by atoms with Gasteiger partial charge in [-0.1, -0.05) is 13.8 Å². The first-order chi connectivity index (χ1) is 8.10. The third-order valence-electron chi connectivity index (χ3n) is 2.97. The van der Waals surface area contributed by atoms with E-state index in [4.69, 9.17) is 5.73 Å². The summed E-state index contributed by atoms with van der Waals surface area (Å²) in [4.78, 5) is 16.1. The molecule has 1 aromatic rings. The van der Waals surface area contributed by atoms with Crippen molar-refractivity contribution in [2.45, 2.75) is 39.8 Å². The van der Waals surface area contributed by atoms with Crippen molar-refractivity contribution in [3.63, 3.8) is 0 Å². The quantitative estimate of drug-likeness (QED) is 0.777. The molecule has 0 aliphatic heterocycles. The highest BCUT2D eigenvalue weighted by molar-refractivity contribution is 5.32. The predicted molar refractivity (Wildman–Crippen MR) is 70.1 cm³/mol. The van der Waals surface area contributed by atoms with Crippen LogP contribution in [0.4, 0.5) is 5.82 Å². The average molecular weight is 238 g/mol. The number of rotatable bonds is 6. The van der Waals surface area contributed by atoms with Gasteiger partial charge in [0, 0.05) is 25.0 Å². The lowest BCUT2D eigenvalue weighted by Gasteiger charge is -2.20. The minimum absolute atomic E-state index is 0.0644. The fourth-order valence-corrected chi connectivity index (χ4v) is 1.53. The van der Waals surface area contributed by atoms with Gasteiger partial charge >= 0.3 is 0 Å². The largest absolute Gasteiger partial charge is 0.363 e. The molecule has 0 bridgehead atoms. The maximum absolute atomic E-state index is 12.0. The Bertz CT molecular complexity index is 402. The molecule has 1 heterocycles. The van der Waals surface area contributed by atoms with Crippen LogP contribution < -0.4 is 16.6 Å². The molecule has 5 heteroatoms. The molecule has 2 unspecified atom stereocenters. The van der Waals surface area contributed by atoms with Gasteiger partial charge < -0.3 is 15.6 Å². The Balaban J connectivity index is 2.85. The van der Waals surface area contributed by atoms with Crippen molar-refractivity contribution < 1.29 is 0 Å². The highest BCUT2D eigenvalue weighted by Crippen LogP contribution is 2.05. The second-order valence-electron chi connectivity index (χ2n) is 4.42. The molecule has 5 nitrogen and oxygen atoms in total. The Kier molecular flexibility index (Phi) is 5.15. The molecule has 0 fully saturated rings. The van der Waals surface area contributed by atoms with Gasteiger partial charge in [-0.2, -0.15) is 0 Å². The molecule has 0 aliphatic carbocycles. The number of hydrogen-bond donors (Lipinski definition) is 2. The Hall–Kier alpha value is -1.36. The van der Waals surface area contributed by atoms with Gasteiger partial charge in [-0.15, -0.1) is 0 Å². The van der Waals surface area contributed by atoms with Gasteiger partial charge in [0.15, 0.2) is 5.82 Å². The van der Waals surface area contributed by atoms with Crippen LogP contribution in [0.5, 0.6) is 0 Å². The maximum Gasteiger partial charge on any atom is 0.293 e. The molecule has 2 atom stereocenters. The van der Waals surface area contributed by atoms with E-state index in [2.05, 4.69) is 10.3 Å². The zero-order chi connectivity index (χ0) is 12.8. The molecule has 0 aliphatic rings. The molecule has 0 saturated carbocycles. The van der Waals surface area contributed by atoms with Gasteiger partial charge in [0.05, 0.1) is 0 Å². The summed E-state index contributed by atoms with van der Waals surface area (Å²) in [5, 5.41) is 3.14. The van der Waals surface area contributed by atoms with Crippen molar-refractivity contribution in [3.8, 4) is 0 Å². The summed E-state index contributed by atoms with van der Waals surface area (Å²) in [5.74, 6) is 0.713. The number of nitrogens with zero attached hydrogens (tertiary/aromatic N) is 2. The van der Waals surface area contributed by atoms with Gasteiger partial charge in [0.2, 0.25) is 0 Å². The van der Waals surface area contributed by atoms with Crippen LogP contribution >= 0.6 is 0 Å². The number of aromatic nitrogens is 2. The topological polar surface area (TPSA) is 72.9 Å². The van der Waals surface area contributed by atoms with Crippen LogP contribution in [0.1, 0.15) is 27.2 Å². The van der Waals surface area contributed by atoms with E-state index >= 15 is 0 Å². The molecule has 3 N–H and O–H groups in total. The monoisotopic (exact) mass is 238 g/mol. The third kappa shape index (κ3) is 3.56. The lowest BCUT2D eigenvalue weighted by atomic mass is 10.0. The van der Waals surface area contributed by atoms with E-state index in [1.54, 1.807) is 17.0 Å². The van der Waals surface area contributed by atoms with Gasteiger partial charge in [0.25, 0.3) is 5.56 Å². The zero-order valence-corrected chi connectivity index (χ0v) is 10.8. The first-order valence-electron chi connectivity index (χ1n) is 6.12. The summed E-state index contributed by atoms with van der Waals surface area (Å²) < 4.78 is 1.68. The Morgan fingerprint density at radius 3 is 2.82 bits per heavy atom. The zero-order valence-electron chi connectivity index (χ0n) is 10.8. The minimum atomic E-state index is -0.0644. The Morgan fingerprint density at radius 2 is 2.24 bits per heavy atom. The standard InChI is InChI=1S/C12H22N4O/c1-4-6-16-7-5-14-11(12(16)17)15-10(3)9(2)8-13/h5,7,9-10H,4,6,8,13H2,1-3H3,(H,14,15). The van der Waals surface area contributed by atoms with E-state index in [-0.39, 0.29) is 11.6 Å². The van der Waals surface area contributed by atoms with Crippen molar-refractivity contribution >= 4 is 5.82 Å². The molecular formula is C12H22N4O. The van der Waals surface area contributed by atoms with E-state index in [1.807, 2.05) is 20.8 Å². The molecule has 0 saturated heterocycles. The summed E-state index contributed by atoms with van der Waals surface area (Å²) in [6.45, 7) is 7.40. The van der Waals surface area contributed by atoms with Gasteiger partial charge in [-0.05, 0) is 25.8 Å². The van der Waals surface area contributed by atoms with Gasteiger partial charge in [0.1, 0.15) is 0 Å². The smallest absolute Gasteiger partial charge is 0.293 e. The second kappa shape index (κ2) is 6.39. The van der Waals surface area contributed by atoms with E-state index < -0.39 is 0 Å². The van der Waals surface area contributed by atoms with Crippen molar-refractivity contribution in [1.29, 1.82) is 0 Å². The summed E-state index contributed by atoms with van der Waals surface area (Å²) in [6.07, 6.45) is 4.30. The number of anilines is 1. The van der Waals surface area contributed by atoms with Crippen LogP contribution in [-0.2, 0) is 6.54 Å². The lowest BCUT2D eigenvalue weighted by Crippen LogP contribution is -2.33. The molecule has 0 aromatic carbocycles. The van der Waals surface area contributed by atoms with E-state index in [0.717, 1.165) is 13.0 Å². The van der Waals surface area contributed by atoms with Crippen molar-refractivity contribution in [1.82, 2.24) is 9.55 Å². The second-order valence-corrected chi connectivity index (χ2v) is 4.42. The fraction of sp³-hybridized carbons (Fsp3) is 0.667. The van der Waals surface area contributed by atoms with Crippen LogP contribution in [0.3, 0.4) is 0 Å². The third-order valence-corrected chi connectivity index (χ3v) is 2.97. The Morgan fingerprint density at radius 1 is 1.53 bits per heavy atom. The fourth-order valence-electron chi connectivity index (χ4n) is 1.53. The van der Waals surface area contributed by atoms with E-state index in [9.17, 15) is 4.79 Å². The number of nitrogens with one attached hydrogen (secondary N) is 1. The van der Waals surface area contributed by atoms with Crippen LogP contribution in [-0.4, -0.2) is 22.1 Å². The summed E-state index contributed by atoms with van der Waals surface area (Å²) >= 11 is 0. The molecule has 1 aromatic heterocycles. The van der Waals surface area contributed by atoms with Gasteiger partial charge in [-0.25, -0.2) is 4.98 Å². The van der Waals surface area contributed by atoms with Crippen molar-refractivity contribution in [3.05, 3.63) is 22.7 Å². The molecule has 0 radical (unpaired) electrons. The lowest BCUT2D eigenvalue weighted by molar-refractivity contribution is 0.518. The van der Waals surface area contributed by atoms with Crippen LogP contribution in [0.15, 0.2) is 17.2 Å². The minimum Gasteiger partial charge on any atom is -0.363 e. The van der Waals surface area contributed by atoms with Crippen molar-refractivity contribution in [2.24, 2.45) is 11.7 Å². The van der Waals surface area contributed by atoms with Crippen LogP contribution in [0.2, 0.25) is 0 Å².